The van der Waals surface area contributed by atoms with Crippen LogP contribution in [0, 0.1) is 5.82 Å². The van der Waals surface area contributed by atoms with Crippen molar-refractivity contribution in [3.8, 4) is 0 Å². The summed E-state index contributed by atoms with van der Waals surface area (Å²) in [5.74, 6) is -0.492. The normalized spacial score (nSPS) is 12.5. The van der Waals surface area contributed by atoms with Crippen molar-refractivity contribution in [2.75, 3.05) is 18.7 Å². The maximum atomic E-state index is 13.7. The molecule has 0 aliphatic heterocycles. The van der Waals surface area contributed by atoms with Crippen LogP contribution < -0.4 is 4.72 Å². The molecule has 0 aliphatic rings. The molecule has 0 unspecified atom stereocenters. The number of benzene rings is 1. The molecule has 0 radical (unpaired) electrons. The molecule has 1 rings (SSSR count). The van der Waals surface area contributed by atoms with E-state index in [2.05, 4.69) is 4.72 Å². The van der Waals surface area contributed by atoms with Crippen LogP contribution in [0.2, 0.25) is 0 Å². The minimum absolute atomic E-state index is 0.141. The van der Waals surface area contributed by atoms with Gasteiger partial charge in [-0.1, -0.05) is 6.42 Å². The second-order valence-electron chi connectivity index (χ2n) is 4.51. The summed E-state index contributed by atoms with van der Waals surface area (Å²) in [6, 6.07) is 2.69. The van der Waals surface area contributed by atoms with Crippen molar-refractivity contribution in [2.24, 2.45) is 0 Å². The number of halogens is 2. The molecular formula is C12H17ClFNO4S2. The van der Waals surface area contributed by atoms with Gasteiger partial charge in [-0.2, -0.15) is 0 Å². The van der Waals surface area contributed by atoms with Crippen molar-refractivity contribution in [3.05, 3.63) is 24.0 Å². The molecule has 5 nitrogen and oxygen atoms in total. The standard InChI is InChI=1S/C12H17ClFNO4S2/c1-20(16,17)10-5-6-11(14)12(9-10)21(18,19)15-8-4-2-3-7-13/h5-6,9,15H,2-4,7-8H2,1H3. The molecule has 1 aromatic carbocycles. The lowest BCUT2D eigenvalue weighted by molar-refractivity contribution is 0.552. The fourth-order valence-corrected chi connectivity index (χ4v) is 3.69. The van der Waals surface area contributed by atoms with E-state index in [4.69, 9.17) is 11.6 Å². The second-order valence-corrected chi connectivity index (χ2v) is 8.64. The van der Waals surface area contributed by atoms with Crippen LogP contribution in [0.5, 0.6) is 0 Å². The topological polar surface area (TPSA) is 80.3 Å². The lowest BCUT2D eigenvalue weighted by Gasteiger charge is -2.09. The lowest BCUT2D eigenvalue weighted by atomic mass is 10.2. The predicted octanol–water partition coefficient (Wildman–Crippen LogP) is 1.92. The molecule has 0 saturated carbocycles. The van der Waals surface area contributed by atoms with Gasteiger partial charge in [-0.3, -0.25) is 0 Å². The molecule has 21 heavy (non-hydrogen) atoms. The van der Waals surface area contributed by atoms with Gasteiger partial charge in [0.25, 0.3) is 0 Å². The Morgan fingerprint density at radius 3 is 2.38 bits per heavy atom. The third-order valence-electron chi connectivity index (χ3n) is 2.72. The van der Waals surface area contributed by atoms with Crippen LogP contribution in [0.3, 0.4) is 0 Å². The lowest BCUT2D eigenvalue weighted by Crippen LogP contribution is -2.26. The summed E-state index contributed by atoms with van der Waals surface area (Å²) >= 11 is 5.50. The van der Waals surface area contributed by atoms with E-state index < -0.39 is 30.6 Å². The maximum Gasteiger partial charge on any atom is 0.243 e. The Labute approximate surface area is 129 Å². The van der Waals surface area contributed by atoms with E-state index in [1.165, 1.54) is 0 Å². The highest BCUT2D eigenvalue weighted by Crippen LogP contribution is 2.19. The van der Waals surface area contributed by atoms with Crippen molar-refractivity contribution in [2.45, 2.75) is 29.1 Å². The Balaban J connectivity index is 2.92. The fraction of sp³-hybridized carbons (Fsp3) is 0.500. The van der Waals surface area contributed by atoms with Crippen molar-refractivity contribution in [3.63, 3.8) is 0 Å². The number of rotatable bonds is 8. The predicted molar refractivity (Wildman–Crippen MR) is 79.3 cm³/mol. The van der Waals surface area contributed by atoms with E-state index in [-0.39, 0.29) is 11.4 Å². The van der Waals surface area contributed by atoms with Gasteiger partial charge < -0.3 is 0 Å². The smallest absolute Gasteiger partial charge is 0.224 e. The average Bonchev–Trinajstić information content (AvgIpc) is 2.37. The zero-order valence-electron chi connectivity index (χ0n) is 11.5. The Morgan fingerprint density at radius 1 is 1.14 bits per heavy atom. The van der Waals surface area contributed by atoms with Gasteiger partial charge in [-0.25, -0.2) is 25.9 Å². The van der Waals surface area contributed by atoms with Gasteiger partial charge in [-0.05, 0) is 31.0 Å². The molecule has 1 N–H and O–H groups in total. The van der Waals surface area contributed by atoms with E-state index in [1.807, 2.05) is 0 Å². The summed E-state index contributed by atoms with van der Waals surface area (Å²) in [5, 5.41) is 0. The highest BCUT2D eigenvalue weighted by molar-refractivity contribution is 7.91. The Kier molecular flexibility index (Phi) is 6.58. The van der Waals surface area contributed by atoms with Crippen LogP contribution in [-0.2, 0) is 19.9 Å². The molecule has 0 spiro atoms. The van der Waals surface area contributed by atoms with E-state index in [0.717, 1.165) is 37.3 Å². The van der Waals surface area contributed by atoms with Crippen molar-refractivity contribution >= 4 is 31.5 Å². The summed E-state index contributed by atoms with van der Waals surface area (Å²) in [4.78, 5) is -0.908. The van der Waals surface area contributed by atoms with E-state index in [0.29, 0.717) is 12.3 Å². The molecule has 0 bridgehead atoms. The second kappa shape index (κ2) is 7.53. The quantitative estimate of drug-likeness (QED) is 0.438. The van der Waals surface area contributed by atoms with Gasteiger partial charge in [-0.15, -0.1) is 11.6 Å². The van der Waals surface area contributed by atoms with Crippen molar-refractivity contribution < 1.29 is 21.2 Å². The minimum atomic E-state index is -4.08. The van der Waals surface area contributed by atoms with E-state index >= 15 is 0 Å². The zero-order valence-corrected chi connectivity index (χ0v) is 13.9. The molecule has 0 heterocycles. The van der Waals surface area contributed by atoms with Crippen LogP contribution in [0.15, 0.2) is 28.0 Å². The number of sulfone groups is 1. The summed E-state index contributed by atoms with van der Waals surface area (Å²) in [5.41, 5.74) is 0. The Morgan fingerprint density at radius 2 is 1.81 bits per heavy atom. The van der Waals surface area contributed by atoms with Crippen molar-refractivity contribution in [1.82, 2.24) is 4.72 Å². The van der Waals surface area contributed by atoms with Crippen molar-refractivity contribution in [1.29, 1.82) is 0 Å². The van der Waals surface area contributed by atoms with Crippen LogP contribution in [0.4, 0.5) is 4.39 Å². The van der Waals surface area contributed by atoms with E-state index in [9.17, 15) is 21.2 Å². The number of nitrogens with one attached hydrogen (secondary N) is 1. The molecule has 0 saturated heterocycles. The molecule has 0 aliphatic carbocycles. The zero-order chi connectivity index (χ0) is 16.1. The summed E-state index contributed by atoms with van der Waals surface area (Å²) in [7, 11) is -7.69. The summed E-state index contributed by atoms with van der Waals surface area (Å²) < 4.78 is 62.7. The molecule has 120 valence electrons. The minimum Gasteiger partial charge on any atom is -0.224 e. The largest absolute Gasteiger partial charge is 0.243 e. The number of hydrogen-bond acceptors (Lipinski definition) is 4. The highest BCUT2D eigenvalue weighted by atomic mass is 35.5. The number of sulfonamides is 1. The van der Waals surface area contributed by atoms with Crippen LogP contribution in [-0.4, -0.2) is 35.5 Å². The maximum absolute atomic E-state index is 13.7. The number of alkyl halides is 1. The molecule has 9 heteroatoms. The van der Waals surface area contributed by atoms with Crippen LogP contribution >= 0.6 is 11.6 Å². The first-order valence-electron chi connectivity index (χ1n) is 6.24. The third-order valence-corrected chi connectivity index (χ3v) is 5.58. The van der Waals surface area contributed by atoms with Gasteiger partial charge in [0.1, 0.15) is 10.7 Å². The van der Waals surface area contributed by atoms with Gasteiger partial charge in [0.2, 0.25) is 10.0 Å². The third kappa shape index (κ3) is 5.54. The first kappa shape index (κ1) is 18.3. The highest BCUT2D eigenvalue weighted by Gasteiger charge is 2.21. The molecule has 0 aromatic heterocycles. The van der Waals surface area contributed by atoms with Gasteiger partial charge in [0, 0.05) is 18.7 Å². The molecule has 1 aromatic rings. The number of unbranched alkanes of at least 4 members (excludes halogenated alkanes) is 2. The van der Waals surface area contributed by atoms with Crippen LogP contribution in [0.25, 0.3) is 0 Å². The molecule has 0 amide bonds. The van der Waals surface area contributed by atoms with Gasteiger partial charge in [0.15, 0.2) is 9.84 Å². The first-order chi connectivity index (χ1) is 9.68. The Bertz CT molecular complexity index is 689. The first-order valence-corrected chi connectivity index (χ1v) is 10.1. The summed E-state index contributed by atoms with van der Waals surface area (Å²) in [6.45, 7) is 0.141. The van der Waals surface area contributed by atoms with Gasteiger partial charge >= 0.3 is 0 Å². The Hall–Kier alpha value is -0.700. The van der Waals surface area contributed by atoms with Gasteiger partial charge in [0.05, 0.1) is 4.90 Å². The summed E-state index contributed by atoms with van der Waals surface area (Å²) in [6.07, 6.45) is 3.01. The monoisotopic (exact) mass is 357 g/mol. The van der Waals surface area contributed by atoms with Crippen LogP contribution in [0.1, 0.15) is 19.3 Å². The molecule has 0 fully saturated rings. The molecule has 0 atom stereocenters. The molecular weight excluding hydrogens is 341 g/mol. The number of hydrogen-bond donors (Lipinski definition) is 1. The van der Waals surface area contributed by atoms with E-state index in [1.54, 1.807) is 0 Å². The average molecular weight is 358 g/mol. The SMILES string of the molecule is CS(=O)(=O)c1ccc(F)c(S(=O)(=O)NCCCCCCl)c1. The fourth-order valence-electron chi connectivity index (χ4n) is 1.60.